The van der Waals surface area contributed by atoms with Crippen LogP contribution in [-0.4, -0.2) is 12.3 Å². The maximum atomic E-state index is 6.09. The van der Waals surface area contributed by atoms with Crippen LogP contribution in [0.1, 0.15) is 36.1 Å². The predicted molar refractivity (Wildman–Crippen MR) is 126 cm³/mol. The second-order valence-corrected chi connectivity index (χ2v) is 7.43. The minimum absolute atomic E-state index is 0.712. The van der Waals surface area contributed by atoms with Crippen LogP contribution in [0.2, 0.25) is 5.02 Å². The first-order chi connectivity index (χ1) is 13.3. The average Bonchev–Trinajstić information content (AvgIpc) is 3.14. The Morgan fingerprint density at radius 1 is 1.07 bits per heavy atom. The van der Waals surface area contributed by atoms with E-state index in [1.165, 1.54) is 16.7 Å². The summed E-state index contributed by atoms with van der Waals surface area (Å²) in [6.07, 6.45) is 6.08. The molecular formula is C26H28ClN. The largest absolute Gasteiger partial charge is 0.280 e. The van der Waals surface area contributed by atoms with Crippen molar-refractivity contribution in [1.82, 2.24) is 0 Å². The second-order valence-electron chi connectivity index (χ2n) is 7.03. The van der Waals surface area contributed by atoms with Crippen LogP contribution < -0.4 is 0 Å². The number of hydrogen-bond acceptors (Lipinski definition) is 1. The lowest BCUT2D eigenvalue weighted by atomic mass is 9.99. The van der Waals surface area contributed by atoms with Gasteiger partial charge in [0.1, 0.15) is 0 Å². The van der Waals surface area contributed by atoms with Crippen molar-refractivity contribution >= 4 is 28.5 Å². The molecule has 1 aliphatic heterocycles. The number of allylic oxidation sites excluding steroid dienone is 5. The summed E-state index contributed by atoms with van der Waals surface area (Å²) in [6.45, 7) is 16.6. The smallest absolute Gasteiger partial charge is 0.0654 e. The molecule has 0 amide bonds. The topological polar surface area (TPSA) is 12.4 Å². The second kappa shape index (κ2) is 10.1. The molecule has 0 spiro atoms. The van der Waals surface area contributed by atoms with Crippen LogP contribution in [0, 0.1) is 13.8 Å². The van der Waals surface area contributed by atoms with Crippen molar-refractivity contribution in [3.05, 3.63) is 107 Å². The highest BCUT2D eigenvalue weighted by Gasteiger charge is 2.14. The van der Waals surface area contributed by atoms with Gasteiger partial charge in [0, 0.05) is 5.02 Å². The van der Waals surface area contributed by atoms with Gasteiger partial charge in [-0.05, 0) is 73.7 Å². The molecule has 2 heteroatoms. The predicted octanol–water partition coefficient (Wildman–Crippen LogP) is 7.65. The molecule has 1 nitrogen and oxygen atoms in total. The fourth-order valence-corrected chi connectivity index (χ4v) is 2.93. The molecule has 0 saturated carbocycles. The molecular weight excluding hydrogens is 362 g/mol. The summed E-state index contributed by atoms with van der Waals surface area (Å²) in [6, 6.07) is 14.5. The summed E-state index contributed by atoms with van der Waals surface area (Å²) in [4.78, 5) is 4.64. The minimum atomic E-state index is 0.712. The summed E-state index contributed by atoms with van der Waals surface area (Å²) in [5, 5.41) is 0.779. The normalized spacial score (nSPS) is 12.9. The molecule has 3 rings (SSSR count). The monoisotopic (exact) mass is 389 g/mol. The van der Waals surface area contributed by atoms with Gasteiger partial charge < -0.3 is 0 Å². The molecule has 0 saturated heterocycles. The highest BCUT2D eigenvalue weighted by atomic mass is 35.5. The summed E-state index contributed by atoms with van der Waals surface area (Å²) < 4.78 is 0. The number of benzene rings is 2. The first-order valence-electron chi connectivity index (χ1n) is 9.38. The Balaban J connectivity index is 0.000000409. The van der Waals surface area contributed by atoms with Gasteiger partial charge in [-0.25, -0.2) is 0 Å². The molecule has 0 aromatic heterocycles. The lowest BCUT2D eigenvalue weighted by Crippen LogP contribution is -1.95. The van der Waals surface area contributed by atoms with Crippen LogP contribution in [0.25, 0.3) is 11.1 Å². The third kappa shape index (κ3) is 5.94. The molecule has 1 aliphatic rings. The Labute approximate surface area is 174 Å². The number of nitrogens with zero attached hydrogens (tertiary/aromatic N) is 1. The van der Waals surface area contributed by atoms with Crippen molar-refractivity contribution in [2.75, 3.05) is 6.54 Å². The van der Waals surface area contributed by atoms with Gasteiger partial charge in [-0.1, -0.05) is 78.4 Å². The van der Waals surface area contributed by atoms with E-state index in [4.69, 9.17) is 11.6 Å². The number of halogens is 1. The highest BCUT2D eigenvalue weighted by molar-refractivity contribution is 6.33. The number of aryl methyl sites for hydroxylation is 2. The van der Waals surface area contributed by atoms with Crippen LogP contribution in [0.5, 0.6) is 0 Å². The summed E-state index contributed by atoms with van der Waals surface area (Å²) in [5.41, 5.74) is 8.87. The Morgan fingerprint density at radius 2 is 1.75 bits per heavy atom. The third-order valence-electron chi connectivity index (χ3n) is 4.42. The highest BCUT2D eigenvalue weighted by Crippen LogP contribution is 2.27. The standard InChI is InChI=1S/C20H18ClN.C6H10/c1-13-4-6-16(7-5-13)18-11-20(22-12-18)15(3)17-8-9-19(21)14(2)10-17;1-4-5-6(2)3/h4-11H,3,12H2,1-2H3;4-5H,2H2,1,3H3/b;5-4-. The molecule has 0 aliphatic carbocycles. The number of hydrogen-bond donors (Lipinski definition) is 0. The van der Waals surface area contributed by atoms with Crippen LogP contribution in [0.4, 0.5) is 0 Å². The van der Waals surface area contributed by atoms with Gasteiger partial charge >= 0.3 is 0 Å². The molecule has 0 N–H and O–H groups in total. The van der Waals surface area contributed by atoms with E-state index in [1.54, 1.807) is 0 Å². The van der Waals surface area contributed by atoms with Crippen molar-refractivity contribution in [3.63, 3.8) is 0 Å². The quantitative estimate of drug-likeness (QED) is 0.476. The molecule has 0 unspecified atom stereocenters. The van der Waals surface area contributed by atoms with Gasteiger partial charge in [0.25, 0.3) is 0 Å². The van der Waals surface area contributed by atoms with E-state index in [0.29, 0.717) is 6.54 Å². The maximum absolute atomic E-state index is 6.09. The van der Waals surface area contributed by atoms with E-state index in [2.05, 4.69) is 61.5 Å². The third-order valence-corrected chi connectivity index (χ3v) is 4.84. The fourth-order valence-electron chi connectivity index (χ4n) is 2.82. The van der Waals surface area contributed by atoms with E-state index in [1.807, 2.05) is 45.1 Å². The SMILES string of the molecule is C=C(C)/C=C\C.C=C(C1=NCC(c2ccc(C)cc2)=C1)c1ccc(Cl)c(C)c1. The van der Waals surface area contributed by atoms with Crippen molar-refractivity contribution in [3.8, 4) is 0 Å². The number of rotatable bonds is 4. The zero-order valence-corrected chi connectivity index (χ0v) is 18.0. The molecule has 2 aromatic carbocycles. The minimum Gasteiger partial charge on any atom is -0.280 e. The maximum Gasteiger partial charge on any atom is 0.0654 e. The van der Waals surface area contributed by atoms with E-state index in [9.17, 15) is 0 Å². The molecule has 0 atom stereocenters. The van der Waals surface area contributed by atoms with Crippen molar-refractivity contribution < 1.29 is 0 Å². The molecule has 0 radical (unpaired) electrons. The summed E-state index contributed by atoms with van der Waals surface area (Å²) in [7, 11) is 0. The summed E-state index contributed by atoms with van der Waals surface area (Å²) in [5.74, 6) is 0. The van der Waals surface area contributed by atoms with Gasteiger partial charge in [-0.2, -0.15) is 0 Å². The zero-order valence-electron chi connectivity index (χ0n) is 17.2. The lowest BCUT2D eigenvalue weighted by molar-refractivity contribution is 1.29. The zero-order chi connectivity index (χ0) is 20.7. The van der Waals surface area contributed by atoms with E-state index in [-0.39, 0.29) is 0 Å². The van der Waals surface area contributed by atoms with Crippen molar-refractivity contribution in [2.45, 2.75) is 27.7 Å². The molecule has 2 aromatic rings. The van der Waals surface area contributed by atoms with E-state index >= 15 is 0 Å². The molecule has 28 heavy (non-hydrogen) atoms. The molecule has 144 valence electrons. The van der Waals surface area contributed by atoms with Crippen molar-refractivity contribution in [1.29, 1.82) is 0 Å². The molecule has 1 heterocycles. The Kier molecular flexibility index (Phi) is 7.78. The Morgan fingerprint density at radius 3 is 2.29 bits per heavy atom. The summed E-state index contributed by atoms with van der Waals surface area (Å²) >= 11 is 6.09. The fraction of sp³-hybridized carbons (Fsp3) is 0.192. The lowest BCUT2D eigenvalue weighted by Gasteiger charge is -2.06. The first-order valence-corrected chi connectivity index (χ1v) is 9.75. The Hall–Kier alpha value is -2.64. The van der Waals surface area contributed by atoms with Gasteiger partial charge in [-0.3, -0.25) is 4.99 Å². The van der Waals surface area contributed by atoms with Gasteiger partial charge in [0.05, 0.1) is 12.3 Å². The van der Waals surface area contributed by atoms with Crippen LogP contribution in [-0.2, 0) is 0 Å². The Bertz CT molecular complexity index is 956. The molecule has 0 bridgehead atoms. The number of aliphatic imine (C=N–C) groups is 1. The van der Waals surface area contributed by atoms with Crippen LogP contribution in [0.15, 0.2) is 84.4 Å². The van der Waals surface area contributed by atoms with Crippen LogP contribution in [0.3, 0.4) is 0 Å². The van der Waals surface area contributed by atoms with Gasteiger partial charge in [0.2, 0.25) is 0 Å². The van der Waals surface area contributed by atoms with Gasteiger partial charge in [0.15, 0.2) is 0 Å². The van der Waals surface area contributed by atoms with Crippen LogP contribution >= 0.6 is 11.6 Å². The van der Waals surface area contributed by atoms with Gasteiger partial charge in [-0.15, -0.1) is 0 Å². The first kappa shape index (κ1) is 21.7. The van der Waals surface area contributed by atoms with Crippen molar-refractivity contribution in [2.24, 2.45) is 4.99 Å². The van der Waals surface area contributed by atoms with E-state index in [0.717, 1.165) is 33.0 Å². The average molecular weight is 390 g/mol. The van der Waals surface area contributed by atoms with E-state index < -0.39 is 0 Å². The molecule has 0 fully saturated rings.